The predicted octanol–water partition coefficient (Wildman–Crippen LogP) is 3.29. The quantitative estimate of drug-likeness (QED) is 0.729. The molecule has 112 valence electrons. The lowest BCUT2D eigenvalue weighted by atomic mass is 10.3. The number of hydrogen-bond donors (Lipinski definition) is 1. The van der Waals surface area contributed by atoms with E-state index in [4.69, 9.17) is 0 Å². The summed E-state index contributed by atoms with van der Waals surface area (Å²) in [5, 5.41) is 9.61. The van der Waals surface area contributed by atoms with Crippen molar-refractivity contribution in [3.8, 4) is 10.7 Å². The molecule has 7 heteroatoms. The van der Waals surface area contributed by atoms with Gasteiger partial charge in [-0.05, 0) is 23.6 Å². The minimum Gasteiger partial charge on any atom is -0.315 e. The number of nitrogens with zero attached hydrogens (tertiary/aromatic N) is 3. The molecule has 1 aromatic carbocycles. The number of amides is 1. The first kappa shape index (κ1) is 14.8. The molecule has 0 aliphatic carbocycles. The van der Waals surface area contributed by atoms with Crippen LogP contribution in [0.3, 0.4) is 0 Å². The summed E-state index contributed by atoms with van der Waals surface area (Å²) in [4.78, 5) is 19.3. The highest BCUT2D eigenvalue weighted by Gasteiger charge is 2.13. The van der Waals surface area contributed by atoms with Gasteiger partial charge in [-0.1, -0.05) is 36.0 Å². The number of aromatic amines is 1. The Balaban J connectivity index is 1.59. The molecule has 22 heavy (non-hydrogen) atoms. The maximum absolute atomic E-state index is 12.2. The van der Waals surface area contributed by atoms with E-state index < -0.39 is 0 Å². The zero-order chi connectivity index (χ0) is 15.4. The van der Waals surface area contributed by atoms with Gasteiger partial charge in [0, 0.05) is 12.7 Å². The van der Waals surface area contributed by atoms with Crippen LogP contribution in [-0.4, -0.2) is 33.9 Å². The molecular weight excluding hydrogens is 316 g/mol. The van der Waals surface area contributed by atoms with Crippen molar-refractivity contribution in [3.63, 3.8) is 0 Å². The smallest absolute Gasteiger partial charge is 0.237 e. The van der Waals surface area contributed by atoms with Crippen LogP contribution in [0, 0.1) is 0 Å². The van der Waals surface area contributed by atoms with Crippen molar-refractivity contribution in [3.05, 3.63) is 47.8 Å². The molecule has 0 bridgehead atoms. The van der Waals surface area contributed by atoms with E-state index in [0.29, 0.717) is 10.9 Å². The fourth-order valence-electron chi connectivity index (χ4n) is 1.85. The third-order valence-electron chi connectivity index (χ3n) is 3.06. The Kier molecular flexibility index (Phi) is 4.55. The molecule has 3 rings (SSSR count). The second-order valence-electron chi connectivity index (χ2n) is 4.52. The molecule has 5 nitrogen and oxygen atoms in total. The molecule has 3 aromatic rings. The predicted molar refractivity (Wildman–Crippen MR) is 90.3 cm³/mol. The summed E-state index contributed by atoms with van der Waals surface area (Å²) >= 11 is 2.93. The molecule has 0 aliphatic heterocycles. The SMILES string of the molecule is CN(C(=O)CSc1n[nH]c(-c2cccs2)n1)c1ccccc1. The summed E-state index contributed by atoms with van der Waals surface area (Å²) in [7, 11) is 1.77. The number of thiophene rings is 1. The highest BCUT2D eigenvalue weighted by Crippen LogP contribution is 2.23. The maximum atomic E-state index is 12.2. The van der Waals surface area contributed by atoms with E-state index >= 15 is 0 Å². The molecule has 0 atom stereocenters. The van der Waals surface area contributed by atoms with Crippen molar-refractivity contribution in [1.82, 2.24) is 15.2 Å². The number of H-pyrrole nitrogens is 1. The maximum Gasteiger partial charge on any atom is 0.237 e. The molecule has 2 heterocycles. The Morgan fingerprint density at radius 1 is 1.27 bits per heavy atom. The lowest BCUT2D eigenvalue weighted by molar-refractivity contribution is -0.115. The summed E-state index contributed by atoms with van der Waals surface area (Å²) in [5.41, 5.74) is 0.877. The number of para-hydroxylation sites is 1. The molecule has 0 fully saturated rings. The molecule has 0 unspecified atom stereocenters. The van der Waals surface area contributed by atoms with Gasteiger partial charge in [-0.3, -0.25) is 9.89 Å². The van der Waals surface area contributed by atoms with Crippen LogP contribution in [0.15, 0.2) is 53.0 Å². The number of nitrogens with one attached hydrogen (secondary N) is 1. The number of anilines is 1. The Morgan fingerprint density at radius 2 is 2.09 bits per heavy atom. The van der Waals surface area contributed by atoms with Gasteiger partial charge in [0.15, 0.2) is 5.82 Å². The molecule has 0 saturated carbocycles. The number of aromatic nitrogens is 3. The van der Waals surface area contributed by atoms with Gasteiger partial charge in [0.2, 0.25) is 11.1 Å². The first-order valence-corrected chi connectivity index (χ1v) is 8.51. The number of thioether (sulfide) groups is 1. The van der Waals surface area contributed by atoms with E-state index in [1.165, 1.54) is 11.8 Å². The highest BCUT2D eigenvalue weighted by atomic mass is 32.2. The van der Waals surface area contributed by atoms with Crippen LogP contribution in [0.4, 0.5) is 5.69 Å². The fourth-order valence-corrected chi connectivity index (χ4v) is 3.23. The standard InChI is InChI=1S/C15H14N4OS2/c1-19(11-6-3-2-4-7-11)13(20)10-22-15-16-14(17-18-15)12-8-5-9-21-12/h2-9H,10H2,1H3,(H,16,17,18). The number of carbonyl (C=O) groups is 1. The topological polar surface area (TPSA) is 61.9 Å². The second-order valence-corrected chi connectivity index (χ2v) is 6.41. The van der Waals surface area contributed by atoms with Crippen LogP contribution < -0.4 is 4.90 Å². The Bertz CT molecular complexity index is 740. The molecule has 0 saturated heterocycles. The minimum absolute atomic E-state index is 0.0127. The number of hydrogen-bond acceptors (Lipinski definition) is 5. The minimum atomic E-state index is 0.0127. The Hall–Kier alpha value is -2.12. The number of rotatable bonds is 5. The molecule has 1 N–H and O–H groups in total. The number of carbonyl (C=O) groups excluding carboxylic acids is 1. The molecule has 0 spiro atoms. The third kappa shape index (κ3) is 3.37. The van der Waals surface area contributed by atoms with Crippen molar-refractivity contribution >= 4 is 34.7 Å². The van der Waals surface area contributed by atoms with Gasteiger partial charge in [0.1, 0.15) is 0 Å². The van der Waals surface area contributed by atoms with Crippen molar-refractivity contribution in [1.29, 1.82) is 0 Å². The van der Waals surface area contributed by atoms with Gasteiger partial charge in [-0.2, -0.15) is 0 Å². The van der Waals surface area contributed by atoms with Crippen molar-refractivity contribution in [2.75, 3.05) is 17.7 Å². The molecule has 2 aromatic heterocycles. The van der Waals surface area contributed by atoms with Crippen LogP contribution >= 0.6 is 23.1 Å². The van der Waals surface area contributed by atoms with Crippen molar-refractivity contribution < 1.29 is 4.79 Å². The van der Waals surface area contributed by atoms with Crippen molar-refractivity contribution in [2.24, 2.45) is 0 Å². The summed E-state index contributed by atoms with van der Waals surface area (Å²) in [6, 6.07) is 13.5. The average molecular weight is 330 g/mol. The van der Waals surface area contributed by atoms with Gasteiger partial charge >= 0.3 is 0 Å². The lowest BCUT2D eigenvalue weighted by Gasteiger charge is -2.16. The lowest BCUT2D eigenvalue weighted by Crippen LogP contribution is -2.27. The van der Waals surface area contributed by atoms with Gasteiger partial charge in [-0.15, -0.1) is 16.4 Å². The van der Waals surface area contributed by atoms with Crippen molar-refractivity contribution in [2.45, 2.75) is 5.16 Å². The Morgan fingerprint density at radius 3 is 2.82 bits per heavy atom. The third-order valence-corrected chi connectivity index (χ3v) is 4.77. The molecular formula is C15H14N4OS2. The van der Waals surface area contributed by atoms with Crippen LogP contribution in [0.1, 0.15) is 0 Å². The van der Waals surface area contributed by atoms with Gasteiger partial charge in [-0.25, -0.2) is 4.98 Å². The Labute approximate surface area is 136 Å². The monoisotopic (exact) mass is 330 g/mol. The van der Waals surface area contributed by atoms with Crippen LogP contribution in [0.5, 0.6) is 0 Å². The summed E-state index contributed by atoms with van der Waals surface area (Å²) in [6.07, 6.45) is 0. The van der Waals surface area contributed by atoms with E-state index in [9.17, 15) is 4.79 Å². The first-order chi connectivity index (χ1) is 10.7. The molecule has 0 aliphatic rings. The summed E-state index contributed by atoms with van der Waals surface area (Å²) in [5.74, 6) is 1.05. The second kappa shape index (κ2) is 6.76. The first-order valence-electron chi connectivity index (χ1n) is 6.65. The van der Waals surface area contributed by atoms with E-state index in [1.807, 2.05) is 47.8 Å². The zero-order valence-electron chi connectivity index (χ0n) is 11.9. The highest BCUT2D eigenvalue weighted by molar-refractivity contribution is 7.99. The summed E-state index contributed by atoms with van der Waals surface area (Å²) < 4.78 is 0. The van der Waals surface area contributed by atoms with E-state index in [1.54, 1.807) is 23.3 Å². The van der Waals surface area contributed by atoms with Crippen LogP contribution in [-0.2, 0) is 4.79 Å². The van der Waals surface area contributed by atoms with Gasteiger partial charge in [0.05, 0.1) is 10.6 Å². The zero-order valence-corrected chi connectivity index (χ0v) is 13.5. The largest absolute Gasteiger partial charge is 0.315 e. The molecule has 0 radical (unpaired) electrons. The molecule has 1 amide bonds. The average Bonchev–Trinajstić information content (AvgIpc) is 3.23. The van der Waals surface area contributed by atoms with E-state index in [2.05, 4.69) is 15.2 Å². The normalized spacial score (nSPS) is 10.6. The summed E-state index contributed by atoms with van der Waals surface area (Å²) in [6.45, 7) is 0. The van der Waals surface area contributed by atoms with Gasteiger partial charge in [0.25, 0.3) is 0 Å². The fraction of sp³-hybridized carbons (Fsp3) is 0.133. The van der Waals surface area contributed by atoms with E-state index in [-0.39, 0.29) is 5.91 Å². The number of benzene rings is 1. The van der Waals surface area contributed by atoms with Crippen LogP contribution in [0.2, 0.25) is 0 Å². The van der Waals surface area contributed by atoms with Gasteiger partial charge < -0.3 is 4.90 Å². The van der Waals surface area contributed by atoms with E-state index in [0.717, 1.165) is 16.4 Å². The van der Waals surface area contributed by atoms with Crippen LogP contribution in [0.25, 0.3) is 10.7 Å².